The molecular formula is C30H33N5O4. The van der Waals surface area contributed by atoms with Gasteiger partial charge in [0, 0.05) is 12.1 Å². The topological polar surface area (TPSA) is 92.9 Å². The average Bonchev–Trinajstić information content (AvgIpc) is 3.66. The predicted octanol–water partition coefficient (Wildman–Crippen LogP) is 5.43. The maximum atomic E-state index is 6.57. The number of benzene rings is 2. The Hall–Kier alpha value is -3.66. The highest BCUT2D eigenvalue weighted by atomic mass is 16.7. The van der Waals surface area contributed by atoms with Crippen LogP contribution in [0.3, 0.4) is 0 Å². The summed E-state index contributed by atoms with van der Waals surface area (Å²) in [6.07, 6.45) is 5.03. The summed E-state index contributed by atoms with van der Waals surface area (Å²) < 4.78 is 27.0. The van der Waals surface area contributed by atoms with Crippen LogP contribution in [-0.4, -0.2) is 50.8 Å². The summed E-state index contributed by atoms with van der Waals surface area (Å²) in [6, 6.07) is 20.2. The summed E-state index contributed by atoms with van der Waals surface area (Å²) in [4.78, 5) is 18.4. The van der Waals surface area contributed by atoms with E-state index in [0.29, 0.717) is 49.4 Å². The van der Waals surface area contributed by atoms with Gasteiger partial charge in [-0.25, -0.2) is 9.98 Å². The van der Waals surface area contributed by atoms with Crippen molar-refractivity contribution in [3.8, 4) is 5.88 Å². The van der Waals surface area contributed by atoms with E-state index in [1.807, 2.05) is 68.7 Å². The van der Waals surface area contributed by atoms with Crippen molar-refractivity contribution < 1.29 is 18.9 Å². The summed E-state index contributed by atoms with van der Waals surface area (Å²) in [5.74, 6) is 0.911. The van der Waals surface area contributed by atoms with Gasteiger partial charge in [-0.2, -0.15) is 9.97 Å². The van der Waals surface area contributed by atoms with Gasteiger partial charge >= 0.3 is 0 Å². The van der Waals surface area contributed by atoms with E-state index in [2.05, 4.69) is 26.7 Å². The molecule has 2 aliphatic rings. The molecule has 2 aromatic heterocycles. The minimum Gasteiger partial charge on any atom is -0.471 e. The fraction of sp³-hybridized carbons (Fsp3) is 0.400. The van der Waals surface area contributed by atoms with E-state index in [1.54, 1.807) is 6.21 Å². The van der Waals surface area contributed by atoms with Gasteiger partial charge in [0.15, 0.2) is 17.5 Å². The molecule has 1 unspecified atom stereocenters. The third-order valence-electron chi connectivity index (χ3n) is 7.58. The third kappa shape index (κ3) is 5.17. The van der Waals surface area contributed by atoms with Crippen LogP contribution in [0, 0.1) is 5.92 Å². The van der Waals surface area contributed by atoms with Crippen molar-refractivity contribution in [2.75, 3.05) is 13.2 Å². The fourth-order valence-electron chi connectivity index (χ4n) is 5.73. The van der Waals surface area contributed by atoms with Crippen LogP contribution in [0.15, 0.2) is 72.0 Å². The van der Waals surface area contributed by atoms with Crippen molar-refractivity contribution >= 4 is 23.3 Å². The van der Waals surface area contributed by atoms with E-state index >= 15 is 0 Å². The van der Waals surface area contributed by atoms with Crippen LogP contribution >= 0.6 is 0 Å². The van der Waals surface area contributed by atoms with Crippen molar-refractivity contribution in [2.24, 2.45) is 10.9 Å². The number of rotatable bonds is 9. The molecule has 0 bridgehead atoms. The molecule has 1 saturated heterocycles. The first-order valence-electron chi connectivity index (χ1n) is 13.5. The minimum absolute atomic E-state index is 0.0342. The molecule has 1 spiro atoms. The van der Waals surface area contributed by atoms with E-state index in [9.17, 15) is 0 Å². The second-order valence-corrected chi connectivity index (χ2v) is 10.1. The van der Waals surface area contributed by atoms with Crippen LogP contribution in [0.1, 0.15) is 43.9 Å². The van der Waals surface area contributed by atoms with Crippen LogP contribution in [0.2, 0.25) is 0 Å². The van der Waals surface area contributed by atoms with Crippen LogP contribution in [-0.2, 0) is 27.4 Å². The maximum Gasteiger partial charge on any atom is 0.254 e. The highest BCUT2D eigenvalue weighted by Crippen LogP contribution is 2.51. The Morgan fingerprint density at radius 3 is 2.46 bits per heavy atom. The zero-order valence-electron chi connectivity index (χ0n) is 22.3. The molecule has 0 radical (unpaired) electrons. The Morgan fingerprint density at radius 2 is 1.77 bits per heavy atom. The molecule has 1 saturated carbocycles. The van der Waals surface area contributed by atoms with Gasteiger partial charge in [-0.3, -0.25) is 0 Å². The Kier molecular flexibility index (Phi) is 7.36. The lowest BCUT2D eigenvalue weighted by molar-refractivity contribution is -0.116. The first-order chi connectivity index (χ1) is 19.2. The number of nitrogens with zero attached hydrogens (tertiary/aromatic N) is 5. The lowest BCUT2D eigenvalue weighted by Crippen LogP contribution is -2.45. The monoisotopic (exact) mass is 527 g/mol. The van der Waals surface area contributed by atoms with Crippen LogP contribution < -0.4 is 4.74 Å². The van der Waals surface area contributed by atoms with E-state index < -0.39 is 5.60 Å². The van der Waals surface area contributed by atoms with Gasteiger partial charge in [-0.1, -0.05) is 60.7 Å². The molecule has 1 aliphatic carbocycles. The van der Waals surface area contributed by atoms with E-state index in [1.165, 1.54) is 0 Å². The first-order valence-corrected chi connectivity index (χ1v) is 13.5. The second-order valence-electron chi connectivity index (χ2n) is 10.1. The maximum absolute atomic E-state index is 6.57. The predicted molar refractivity (Wildman–Crippen MR) is 147 cm³/mol. The Balaban J connectivity index is 1.30. The lowest BCUT2D eigenvalue weighted by atomic mass is 9.89. The molecule has 3 heterocycles. The molecule has 1 aliphatic heterocycles. The average molecular weight is 528 g/mol. The number of aliphatic imine (C=N–C) groups is 1. The standard InChI is InChI=1S/C30H33N5O4/c1-3-31-29-33-27-26(28(34-29)37-17-23-12-8-5-9-13-23)32-20-35(27)25-15-14-24(30(25)19-38-21(2)39-30)18-36-16-22-10-6-4-7-11-22/h3-13,20-21,24-25H,14-19H2,1-2H3/t21?,24-,25-,30-/m0/s1. The molecule has 9 heteroatoms. The molecule has 0 amide bonds. The van der Waals surface area contributed by atoms with E-state index in [4.69, 9.17) is 28.9 Å². The Bertz CT molecular complexity index is 1430. The molecule has 6 rings (SSSR count). The third-order valence-corrected chi connectivity index (χ3v) is 7.58. The zero-order valence-corrected chi connectivity index (χ0v) is 22.3. The molecular weight excluding hydrogens is 494 g/mol. The van der Waals surface area contributed by atoms with Crippen LogP contribution in [0.4, 0.5) is 5.95 Å². The van der Waals surface area contributed by atoms with Crippen molar-refractivity contribution in [2.45, 2.75) is 57.8 Å². The summed E-state index contributed by atoms with van der Waals surface area (Å²) in [5, 5.41) is 0. The van der Waals surface area contributed by atoms with Crippen molar-refractivity contribution in [1.29, 1.82) is 0 Å². The fourth-order valence-corrected chi connectivity index (χ4v) is 5.73. The van der Waals surface area contributed by atoms with Gasteiger partial charge in [0.2, 0.25) is 5.88 Å². The van der Waals surface area contributed by atoms with Gasteiger partial charge in [0.1, 0.15) is 12.2 Å². The number of hydrogen-bond donors (Lipinski definition) is 0. The summed E-state index contributed by atoms with van der Waals surface area (Å²) in [5.41, 5.74) is 2.93. The zero-order chi connectivity index (χ0) is 26.7. The molecule has 9 nitrogen and oxygen atoms in total. The molecule has 4 aromatic rings. The number of imidazole rings is 1. The van der Waals surface area contributed by atoms with Crippen LogP contribution in [0.5, 0.6) is 5.88 Å². The van der Waals surface area contributed by atoms with Crippen molar-refractivity contribution in [3.05, 3.63) is 78.1 Å². The number of aromatic nitrogens is 4. The number of hydrogen-bond acceptors (Lipinski definition) is 8. The Labute approximate surface area is 227 Å². The first kappa shape index (κ1) is 25.6. The smallest absolute Gasteiger partial charge is 0.254 e. The summed E-state index contributed by atoms with van der Waals surface area (Å²) in [7, 11) is 0. The molecule has 202 valence electrons. The quantitative estimate of drug-likeness (QED) is 0.268. The summed E-state index contributed by atoms with van der Waals surface area (Å²) >= 11 is 0. The summed E-state index contributed by atoms with van der Waals surface area (Å²) in [6.45, 7) is 5.80. The van der Waals surface area contributed by atoms with Gasteiger partial charge in [0.25, 0.3) is 5.95 Å². The highest BCUT2D eigenvalue weighted by molar-refractivity contribution is 5.78. The molecule has 0 N–H and O–H groups in total. The highest BCUT2D eigenvalue weighted by Gasteiger charge is 2.57. The lowest BCUT2D eigenvalue weighted by Gasteiger charge is -2.35. The SMILES string of the molecule is CC=Nc1nc(OCc2ccccc2)c2ncn([C@H]3CC[C@@H](COCc4ccccc4)[C@@]34COC(C)O4)c2n1. The molecule has 4 atom stereocenters. The molecule has 39 heavy (non-hydrogen) atoms. The van der Waals surface area contributed by atoms with Gasteiger partial charge in [-0.15, -0.1) is 0 Å². The normalized spacial score (nSPS) is 24.8. The number of fused-ring (bicyclic) bond motifs is 1. The Morgan fingerprint density at radius 1 is 1.03 bits per heavy atom. The van der Waals surface area contributed by atoms with Gasteiger partial charge in [-0.05, 0) is 37.8 Å². The van der Waals surface area contributed by atoms with E-state index in [0.717, 1.165) is 24.0 Å². The van der Waals surface area contributed by atoms with E-state index in [-0.39, 0.29) is 18.2 Å². The molecule has 2 fully saturated rings. The van der Waals surface area contributed by atoms with Crippen molar-refractivity contribution in [3.63, 3.8) is 0 Å². The molecule has 2 aromatic carbocycles. The largest absolute Gasteiger partial charge is 0.471 e. The van der Waals surface area contributed by atoms with Crippen molar-refractivity contribution in [1.82, 2.24) is 19.5 Å². The second kappa shape index (κ2) is 11.2. The van der Waals surface area contributed by atoms with Gasteiger partial charge in [0.05, 0.1) is 32.2 Å². The minimum atomic E-state index is -0.548. The number of ether oxygens (including phenoxy) is 4. The van der Waals surface area contributed by atoms with Crippen LogP contribution in [0.25, 0.3) is 11.2 Å². The van der Waals surface area contributed by atoms with Gasteiger partial charge < -0.3 is 23.5 Å².